The fraction of sp³-hybridized carbons (Fsp3) is 0.556. The van der Waals surface area contributed by atoms with Gasteiger partial charge in [-0.25, -0.2) is 0 Å². The van der Waals surface area contributed by atoms with Crippen LogP contribution in [-0.2, 0) is 11.3 Å². The summed E-state index contributed by atoms with van der Waals surface area (Å²) < 4.78 is 7.69. The minimum absolute atomic E-state index is 0.618. The number of nitrogens with zero attached hydrogens (tertiary/aromatic N) is 2. The number of aromatic nitrogens is 1. The fourth-order valence-corrected chi connectivity index (χ4v) is 3.78. The quantitative estimate of drug-likeness (QED) is 0.770. The van der Waals surface area contributed by atoms with Gasteiger partial charge in [0.1, 0.15) is 0 Å². The van der Waals surface area contributed by atoms with E-state index in [0.717, 1.165) is 31.1 Å². The minimum atomic E-state index is 0.618. The number of benzene rings is 1. The van der Waals surface area contributed by atoms with E-state index in [1.807, 2.05) is 6.07 Å². The number of rotatable bonds is 5. The zero-order valence-electron chi connectivity index (χ0n) is 13.5. The van der Waals surface area contributed by atoms with Gasteiger partial charge in [0.05, 0.1) is 0 Å². The van der Waals surface area contributed by atoms with E-state index in [-0.39, 0.29) is 0 Å². The van der Waals surface area contributed by atoms with E-state index >= 15 is 0 Å². The van der Waals surface area contributed by atoms with Crippen LogP contribution in [0.2, 0.25) is 5.02 Å². The molecule has 1 aliphatic heterocycles. The van der Waals surface area contributed by atoms with Crippen molar-refractivity contribution in [3.63, 3.8) is 0 Å². The van der Waals surface area contributed by atoms with E-state index < -0.39 is 0 Å². The van der Waals surface area contributed by atoms with Gasteiger partial charge < -0.3 is 14.2 Å². The van der Waals surface area contributed by atoms with Crippen LogP contribution in [0.3, 0.4) is 0 Å². The average molecular weight is 321 g/mol. The number of halogens is 1. The van der Waals surface area contributed by atoms with Crippen molar-refractivity contribution in [2.24, 2.45) is 0 Å². The van der Waals surface area contributed by atoms with Crippen molar-refractivity contribution in [2.75, 3.05) is 33.9 Å². The summed E-state index contributed by atoms with van der Waals surface area (Å²) in [6.45, 7) is 4.15. The molecule has 1 atom stereocenters. The third-order valence-corrected chi connectivity index (χ3v) is 4.91. The van der Waals surface area contributed by atoms with Crippen molar-refractivity contribution in [3.8, 4) is 0 Å². The normalized spacial score (nSPS) is 19.9. The molecule has 0 amide bonds. The lowest BCUT2D eigenvalue weighted by molar-refractivity contribution is 0.189. The van der Waals surface area contributed by atoms with Crippen molar-refractivity contribution >= 4 is 22.5 Å². The number of likely N-dealkylation sites (tertiary alicyclic amines) is 1. The molecule has 4 heteroatoms. The van der Waals surface area contributed by atoms with Gasteiger partial charge in [0.2, 0.25) is 0 Å². The first-order valence-electron chi connectivity index (χ1n) is 8.15. The number of piperidine rings is 1. The zero-order valence-corrected chi connectivity index (χ0v) is 14.3. The summed E-state index contributed by atoms with van der Waals surface area (Å²) in [6.07, 6.45) is 3.59. The second kappa shape index (κ2) is 7.03. The van der Waals surface area contributed by atoms with Crippen molar-refractivity contribution in [1.82, 2.24) is 9.47 Å². The Balaban J connectivity index is 1.97. The Hall–Kier alpha value is -1.03. The van der Waals surface area contributed by atoms with Crippen LogP contribution < -0.4 is 0 Å². The summed E-state index contributed by atoms with van der Waals surface area (Å²) in [5.74, 6) is 0.618. The van der Waals surface area contributed by atoms with Crippen LogP contribution in [0.15, 0.2) is 24.3 Å². The van der Waals surface area contributed by atoms with Gasteiger partial charge in [-0.05, 0) is 56.4 Å². The first-order chi connectivity index (χ1) is 10.7. The Morgan fingerprint density at radius 3 is 2.95 bits per heavy atom. The largest absolute Gasteiger partial charge is 0.385 e. The molecule has 1 saturated heterocycles. The van der Waals surface area contributed by atoms with Crippen molar-refractivity contribution in [2.45, 2.75) is 31.7 Å². The molecule has 1 fully saturated rings. The van der Waals surface area contributed by atoms with E-state index in [9.17, 15) is 0 Å². The van der Waals surface area contributed by atoms with Crippen molar-refractivity contribution in [1.29, 1.82) is 0 Å². The van der Waals surface area contributed by atoms with E-state index in [2.05, 4.69) is 34.7 Å². The number of methoxy groups -OCH3 is 1. The van der Waals surface area contributed by atoms with Gasteiger partial charge in [-0.2, -0.15) is 0 Å². The van der Waals surface area contributed by atoms with Crippen LogP contribution in [0, 0.1) is 0 Å². The SMILES string of the molecule is COCCCn1c(C2CCCN(C)C2)cc2ccc(Cl)cc21. The molecule has 3 nitrogen and oxygen atoms in total. The van der Waals surface area contributed by atoms with Gasteiger partial charge in [-0.15, -0.1) is 0 Å². The number of hydrogen-bond acceptors (Lipinski definition) is 2. The van der Waals surface area contributed by atoms with Gasteiger partial charge in [0, 0.05) is 49.0 Å². The molecule has 2 heterocycles. The Labute approximate surface area is 137 Å². The lowest BCUT2D eigenvalue weighted by atomic mass is 9.95. The highest BCUT2D eigenvalue weighted by molar-refractivity contribution is 6.31. The molecule has 1 aromatic carbocycles. The fourth-order valence-electron chi connectivity index (χ4n) is 3.61. The maximum Gasteiger partial charge on any atom is 0.0497 e. The Morgan fingerprint density at radius 1 is 1.32 bits per heavy atom. The molecule has 0 spiro atoms. The second-order valence-electron chi connectivity index (χ2n) is 6.37. The van der Waals surface area contributed by atoms with Crippen LogP contribution in [-0.4, -0.2) is 43.3 Å². The third kappa shape index (κ3) is 3.32. The minimum Gasteiger partial charge on any atom is -0.385 e. The number of fused-ring (bicyclic) bond motifs is 1. The van der Waals surface area contributed by atoms with E-state index in [4.69, 9.17) is 16.3 Å². The topological polar surface area (TPSA) is 17.4 Å². The van der Waals surface area contributed by atoms with Gasteiger partial charge in [-0.3, -0.25) is 0 Å². The third-order valence-electron chi connectivity index (χ3n) is 4.67. The molecular weight excluding hydrogens is 296 g/mol. The van der Waals surface area contributed by atoms with Gasteiger partial charge in [0.25, 0.3) is 0 Å². The summed E-state index contributed by atoms with van der Waals surface area (Å²) in [7, 11) is 3.99. The predicted molar refractivity (Wildman–Crippen MR) is 92.9 cm³/mol. The average Bonchev–Trinajstić information content (AvgIpc) is 2.86. The van der Waals surface area contributed by atoms with Crippen LogP contribution in [0.4, 0.5) is 0 Å². The molecule has 0 saturated carbocycles. The molecular formula is C18H25ClN2O. The molecule has 22 heavy (non-hydrogen) atoms. The first-order valence-corrected chi connectivity index (χ1v) is 8.53. The maximum absolute atomic E-state index is 6.22. The summed E-state index contributed by atoms with van der Waals surface area (Å²) in [5.41, 5.74) is 2.71. The zero-order chi connectivity index (χ0) is 15.5. The van der Waals surface area contributed by atoms with E-state index in [1.165, 1.54) is 36.0 Å². The summed E-state index contributed by atoms with van der Waals surface area (Å²) in [4.78, 5) is 2.44. The Bertz CT molecular complexity index is 637. The molecule has 1 aliphatic rings. The highest BCUT2D eigenvalue weighted by atomic mass is 35.5. The molecule has 3 rings (SSSR count). The van der Waals surface area contributed by atoms with Crippen LogP contribution >= 0.6 is 11.6 Å². The highest BCUT2D eigenvalue weighted by Crippen LogP contribution is 2.32. The van der Waals surface area contributed by atoms with Crippen LogP contribution in [0.25, 0.3) is 10.9 Å². The smallest absolute Gasteiger partial charge is 0.0497 e. The molecule has 2 aromatic rings. The first kappa shape index (κ1) is 15.9. The summed E-state index contributed by atoms with van der Waals surface area (Å²) >= 11 is 6.22. The number of hydrogen-bond donors (Lipinski definition) is 0. The van der Waals surface area contributed by atoms with Gasteiger partial charge >= 0.3 is 0 Å². The van der Waals surface area contributed by atoms with E-state index in [1.54, 1.807) is 7.11 Å². The van der Waals surface area contributed by atoms with Crippen molar-refractivity contribution in [3.05, 3.63) is 35.0 Å². The Kier molecular flexibility index (Phi) is 5.07. The Morgan fingerprint density at radius 2 is 2.18 bits per heavy atom. The van der Waals surface area contributed by atoms with E-state index in [0.29, 0.717) is 5.92 Å². The second-order valence-corrected chi connectivity index (χ2v) is 6.81. The molecule has 0 bridgehead atoms. The monoisotopic (exact) mass is 320 g/mol. The number of likely N-dealkylation sites (N-methyl/N-ethyl adjacent to an activating group) is 1. The van der Waals surface area contributed by atoms with Crippen LogP contribution in [0.5, 0.6) is 0 Å². The number of ether oxygens (including phenoxy) is 1. The molecule has 1 unspecified atom stereocenters. The lowest BCUT2D eigenvalue weighted by Crippen LogP contribution is -2.31. The highest BCUT2D eigenvalue weighted by Gasteiger charge is 2.23. The summed E-state index contributed by atoms with van der Waals surface area (Å²) in [5, 5.41) is 2.11. The maximum atomic E-state index is 6.22. The lowest BCUT2D eigenvalue weighted by Gasteiger charge is -2.30. The summed E-state index contributed by atoms with van der Waals surface area (Å²) in [6, 6.07) is 8.59. The molecule has 0 radical (unpaired) electrons. The van der Waals surface area contributed by atoms with Crippen LogP contribution in [0.1, 0.15) is 30.9 Å². The predicted octanol–water partition coefficient (Wildman–Crippen LogP) is 4.14. The molecule has 120 valence electrons. The molecule has 0 aliphatic carbocycles. The molecule has 0 N–H and O–H groups in total. The number of aryl methyl sites for hydroxylation is 1. The van der Waals surface area contributed by atoms with Crippen molar-refractivity contribution < 1.29 is 4.74 Å². The molecule has 1 aromatic heterocycles. The standard InChI is InChI=1S/C18H25ClN2O/c1-20-8-3-5-15(13-20)17-11-14-6-7-16(19)12-18(14)21(17)9-4-10-22-2/h6-7,11-12,15H,3-5,8-10,13H2,1-2H3. The van der Waals surface area contributed by atoms with Gasteiger partial charge in [-0.1, -0.05) is 17.7 Å². The van der Waals surface area contributed by atoms with Gasteiger partial charge in [0.15, 0.2) is 0 Å².